The molecule has 1 fully saturated rings. The van der Waals surface area contributed by atoms with Crippen LogP contribution in [0.25, 0.3) is 0 Å². The van der Waals surface area contributed by atoms with Crippen molar-refractivity contribution in [3.05, 3.63) is 42.3 Å². The minimum atomic E-state index is -0.360. The Hall–Kier alpha value is -2.90. The number of halogens is 1. The van der Waals surface area contributed by atoms with Crippen molar-refractivity contribution in [3.63, 3.8) is 0 Å². The molecule has 3 rings (SSSR count). The maximum Gasteiger partial charge on any atom is 0.409 e. The molecule has 0 saturated carbocycles. The number of aromatic nitrogens is 2. The maximum absolute atomic E-state index is 13.7. The number of anilines is 3. The van der Waals surface area contributed by atoms with Gasteiger partial charge in [-0.15, -0.1) is 0 Å². The summed E-state index contributed by atoms with van der Waals surface area (Å²) in [6.07, 6.45) is 2.97. The van der Waals surface area contributed by atoms with Crippen molar-refractivity contribution in [2.75, 3.05) is 30.3 Å². The Bertz CT molecular complexity index is 750. The zero-order chi connectivity index (χ0) is 18.4. The van der Waals surface area contributed by atoms with Crippen molar-refractivity contribution in [3.8, 4) is 0 Å². The van der Waals surface area contributed by atoms with Gasteiger partial charge in [-0.1, -0.05) is 12.1 Å². The third kappa shape index (κ3) is 4.59. The molecule has 1 aromatic carbocycles. The van der Waals surface area contributed by atoms with Crippen LogP contribution in [0.15, 0.2) is 36.5 Å². The topological polar surface area (TPSA) is 79.4 Å². The lowest BCUT2D eigenvalue weighted by Gasteiger charge is -2.31. The summed E-state index contributed by atoms with van der Waals surface area (Å²) in [7, 11) is 0. The van der Waals surface area contributed by atoms with Gasteiger partial charge in [0.15, 0.2) is 0 Å². The van der Waals surface area contributed by atoms with E-state index in [9.17, 15) is 9.18 Å². The summed E-state index contributed by atoms with van der Waals surface area (Å²) >= 11 is 0. The predicted octanol–water partition coefficient (Wildman–Crippen LogP) is 3.39. The molecule has 26 heavy (non-hydrogen) atoms. The van der Waals surface area contributed by atoms with E-state index in [4.69, 9.17) is 4.74 Å². The number of carbonyl (C=O) groups excluding carboxylic acids is 1. The molecular weight excluding hydrogens is 337 g/mol. The average Bonchev–Trinajstić information content (AvgIpc) is 2.65. The summed E-state index contributed by atoms with van der Waals surface area (Å²) in [5.41, 5.74) is 0.326. The Morgan fingerprint density at radius 1 is 1.31 bits per heavy atom. The van der Waals surface area contributed by atoms with Crippen molar-refractivity contribution < 1.29 is 13.9 Å². The molecule has 2 aromatic rings. The fourth-order valence-electron chi connectivity index (χ4n) is 2.81. The molecule has 1 aliphatic rings. The van der Waals surface area contributed by atoms with Crippen LogP contribution in [-0.4, -0.2) is 46.7 Å². The molecule has 1 aromatic heterocycles. The summed E-state index contributed by atoms with van der Waals surface area (Å²) < 4.78 is 18.8. The summed E-state index contributed by atoms with van der Waals surface area (Å²) in [5, 5.41) is 6.23. The van der Waals surface area contributed by atoms with E-state index in [1.54, 1.807) is 42.3 Å². The summed E-state index contributed by atoms with van der Waals surface area (Å²) in [6.45, 7) is 3.47. The Kier molecular flexibility index (Phi) is 5.83. The largest absolute Gasteiger partial charge is 0.450 e. The molecule has 0 radical (unpaired) electrons. The Morgan fingerprint density at radius 2 is 2.08 bits per heavy atom. The first-order valence-electron chi connectivity index (χ1n) is 8.68. The number of hydrogen-bond acceptors (Lipinski definition) is 6. The minimum Gasteiger partial charge on any atom is -0.450 e. The van der Waals surface area contributed by atoms with Crippen molar-refractivity contribution >= 4 is 23.5 Å². The van der Waals surface area contributed by atoms with E-state index in [0.717, 1.165) is 12.8 Å². The Labute approximate surface area is 151 Å². The third-order valence-corrected chi connectivity index (χ3v) is 4.15. The van der Waals surface area contributed by atoms with Crippen LogP contribution < -0.4 is 10.6 Å². The van der Waals surface area contributed by atoms with Gasteiger partial charge < -0.3 is 20.3 Å². The number of benzene rings is 1. The lowest BCUT2D eigenvalue weighted by atomic mass is 10.1. The first-order valence-corrected chi connectivity index (χ1v) is 8.68. The van der Waals surface area contributed by atoms with E-state index in [1.165, 1.54) is 6.07 Å². The molecule has 0 bridgehead atoms. The van der Waals surface area contributed by atoms with Gasteiger partial charge in [-0.2, -0.15) is 4.98 Å². The molecule has 0 atom stereocenters. The normalized spacial score (nSPS) is 14.8. The molecular formula is C18H22FN5O2. The Balaban J connectivity index is 1.56. The van der Waals surface area contributed by atoms with Gasteiger partial charge in [-0.25, -0.2) is 14.2 Å². The van der Waals surface area contributed by atoms with Gasteiger partial charge >= 0.3 is 6.09 Å². The van der Waals surface area contributed by atoms with E-state index in [-0.39, 0.29) is 18.0 Å². The zero-order valence-corrected chi connectivity index (χ0v) is 14.6. The van der Waals surface area contributed by atoms with Gasteiger partial charge in [0.1, 0.15) is 11.6 Å². The minimum absolute atomic E-state index is 0.205. The van der Waals surface area contributed by atoms with Gasteiger partial charge in [0, 0.05) is 25.3 Å². The number of nitrogens with zero attached hydrogens (tertiary/aromatic N) is 3. The molecule has 1 saturated heterocycles. The number of piperidine rings is 1. The van der Waals surface area contributed by atoms with E-state index in [0.29, 0.717) is 37.1 Å². The smallest absolute Gasteiger partial charge is 0.409 e. The maximum atomic E-state index is 13.7. The number of para-hydroxylation sites is 1. The number of nitrogens with one attached hydrogen (secondary N) is 2. The van der Waals surface area contributed by atoms with Crippen molar-refractivity contribution in [1.82, 2.24) is 14.9 Å². The van der Waals surface area contributed by atoms with Crippen LogP contribution >= 0.6 is 0 Å². The average molecular weight is 359 g/mol. The first-order chi connectivity index (χ1) is 12.7. The highest BCUT2D eigenvalue weighted by atomic mass is 19.1. The van der Waals surface area contributed by atoms with E-state index in [2.05, 4.69) is 20.6 Å². The van der Waals surface area contributed by atoms with E-state index in [1.807, 2.05) is 0 Å². The highest BCUT2D eigenvalue weighted by Gasteiger charge is 2.23. The monoisotopic (exact) mass is 359 g/mol. The van der Waals surface area contributed by atoms with Crippen LogP contribution in [0.5, 0.6) is 0 Å². The molecule has 1 amide bonds. The van der Waals surface area contributed by atoms with Crippen molar-refractivity contribution in [2.24, 2.45) is 0 Å². The molecule has 1 aliphatic heterocycles. The second-order valence-corrected chi connectivity index (χ2v) is 5.97. The number of carbonyl (C=O) groups is 1. The van der Waals surface area contributed by atoms with Crippen LogP contribution in [0, 0.1) is 5.82 Å². The van der Waals surface area contributed by atoms with Gasteiger partial charge in [-0.3, -0.25) is 0 Å². The van der Waals surface area contributed by atoms with Gasteiger partial charge in [0.25, 0.3) is 0 Å². The van der Waals surface area contributed by atoms with E-state index < -0.39 is 0 Å². The van der Waals surface area contributed by atoms with Crippen LogP contribution in [0.3, 0.4) is 0 Å². The lowest BCUT2D eigenvalue weighted by molar-refractivity contribution is 0.0983. The standard InChI is InChI=1S/C18H22FN5O2/c1-2-26-18(25)24-11-8-13(9-12-24)21-16-7-10-20-17(23-16)22-15-6-4-3-5-14(15)19/h3-7,10,13H,2,8-9,11-12H2,1H3,(H2,20,21,22,23). The molecule has 0 spiro atoms. The number of rotatable bonds is 5. The summed E-state index contributed by atoms with van der Waals surface area (Å²) in [5.74, 6) is 0.623. The molecule has 8 heteroatoms. The van der Waals surface area contributed by atoms with Crippen LogP contribution in [0.4, 0.5) is 26.6 Å². The van der Waals surface area contributed by atoms with Crippen LogP contribution in [-0.2, 0) is 4.74 Å². The summed E-state index contributed by atoms with van der Waals surface area (Å²) in [4.78, 5) is 22.0. The van der Waals surface area contributed by atoms with Gasteiger partial charge in [0.05, 0.1) is 12.3 Å². The van der Waals surface area contributed by atoms with Crippen LogP contribution in [0.1, 0.15) is 19.8 Å². The van der Waals surface area contributed by atoms with E-state index >= 15 is 0 Å². The fourth-order valence-corrected chi connectivity index (χ4v) is 2.81. The number of ether oxygens (including phenoxy) is 1. The third-order valence-electron chi connectivity index (χ3n) is 4.15. The quantitative estimate of drug-likeness (QED) is 0.852. The SMILES string of the molecule is CCOC(=O)N1CCC(Nc2ccnc(Nc3ccccc3F)n2)CC1. The van der Waals surface area contributed by atoms with Gasteiger partial charge in [0.2, 0.25) is 5.95 Å². The molecule has 138 valence electrons. The molecule has 0 aliphatic carbocycles. The number of likely N-dealkylation sites (tertiary alicyclic amines) is 1. The second kappa shape index (κ2) is 8.46. The second-order valence-electron chi connectivity index (χ2n) is 5.97. The zero-order valence-electron chi connectivity index (χ0n) is 14.6. The predicted molar refractivity (Wildman–Crippen MR) is 97.0 cm³/mol. The van der Waals surface area contributed by atoms with Gasteiger partial charge in [-0.05, 0) is 38.0 Å². The number of hydrogen-bond donors (Lipinski definition) is 2. The molecule has 2 N–H and O–H groups in total. The fraction of sp³-hybridized carbons (Fsp3) is 0.389. The van der Waals surface area contributed by atoms with Crippen molar-refractivity contribution in [1.29, 1.82) is 0 Å². The van der Waals surface area contributed by atoms with Crippen LogP contribution in [0.2, 0.25) is 0 Å². The summed E-state index contributed by atoms with van der Waals surface area (Å²) in [6, 6.07) is 8.35. The molecule has 0 unspecified atom stereocenters. The first kappa shape index (κ1) is 17.9. The highest BCUT2D eigenvalue weighted by molar-refractivity contribution is 5.67. The molecule has 7 nitrogen and oxygen atoms in total. The van der Waals surface area contributed by atoms with Crippen molar-refractivity contribution in [2.45, 2.75) is 25.8 Å². The lowest BCUT2D eigenvalue weighted by Crippen LogP contribution is -2.42. The Morgan fingerprint density at radius 3 is 2.81 bits per heavy atom. The number of amides is 1. The highest BCUT2D eigenvalue weighted by Crippen LogP contribution is 2.19. The molecule has 2 heterocycles.